The Morgan fingerprint density at radius 2 is 1.59 bits per heavy atom. The number of hydrogen-bond acceptors (Lipinski definition) is 2. The number of nitrogens with zero attached hydrogens (tertiary/aromatic N) is 2. The third-order valence-corrected chi connectivity index (χ3v) is 6.65. The molecular formula is C24H21N2S. The van der Waals surface area contributed by atoms with Crippen molar-refractivity contribution in [2.24, 2.45) is 4.99 Å². The van der Waals surface area contributed by atoms with Crippen molar-refractivity contribution in [2.45, 2.75) is 42.0 Å². The summed E-state index contributed by atoms with van der Waals surface area (Å²) in [5, 5.41) is 7.41. The van der Waals surface area contributed by atoms with Gasteiger partial charge in [0, 0.05) is 15.7 Å². The van der Waals surface area contributed by atoms with Gasteiger partial charge in [-0.05, 0) is 55.8 Å². The monoisotopic (exact) mass is 369 g/mol. The zero-order valence-electron chi connectivity index (χ0n) is 15.7. The molecular weight excluding hydrogens is 348 g/mol. The minimum Gasteiger partial charge on any atom is -0.278 e. The van der Waals surface area contributed by atoms with Crippen LogP contribution in [0.2, 0.25) is 0 Å². The maximum Gasteiger partial charge on any atom is 0.0815 e. The maximum atomic E-state index is 5.11. The Balaban J connectivity index is 1.72. The fraction of sp³-hybridized carbons (Fsp3) is 0.208. The molecule has 0 saturated carbocycles. The lowest BCUT2D eigenvalue weighted by atomic mass is 9.75. The molecule has 1 atom stereocenters. The van der Waals surface area contributed by atoms with Gasteiger partial charge in [0.05, 0.1) is 22.3 Å². The minimum absolute atomic E-state index is 0.206. The average Bonchev–Trinajstić information content (AvgIpc) is 2.66. The van der Waals surface area contributed by atoms with Crippen LogP contribution in [0.1, 0.15) is 32.3 Å². The van der Waals surface area contributed by atoms with Crippen molar-refractivity contribution in [3.05, 3.63) is 82.9 Å². The summed E-state index contributed by atoms with van der Waals surface area (Å²) in [4.78, 5) is 7.56. The van der Waals surface area contributed by atoms with E-state index in [2.05, 4.69) is 87.5 Å². The normalized spacial score (nSPS) is 19.2. The molecule has 0 aliphatic carbocycles. The topological polar surface area (TPSA) is 26.5 Å². The number of rotatable bonds is 1. The highest BCUT2D eigenvalue weighted by molar-refractivity contribution is 7.99. The molecule has 0 saturated heterocycles. The summed E-state index contributed by atoms with van der Waals surface area (Å²) in [6, 6.07) is 23.4. The van der Waals surface area contributed by atoms with E-state index in [0.29, 0.717) is 0 Å². The molecule has 3 aromatic rings. The molecule has 27 heavy (non-hydrogen) atoms. The summed E-state index contributed by atoms with van der Waals surface area (Å²) < 4.78 is 0. The van der Waals surface area contributed by atoms with Gasteiger partial charge in [-0.2, -0.15) is 0 Å². The van der Waals surface area contributed by atoms with Crippen molar-refractivity contribution in [2.75, 3.05) is 0 Å². The molecule has 0 aromatic heterocycles. The van der Waals surface area contributed by atoms with Gasteiger partial charge >= 0.3 is 0 Å². The van der Waals surface area contributed by atoms with Crippen molar-refractivity contribution in [1.29, 1.82) is 0 Å². The molecule has 0 N–H and O–H groups in total. The van der Waals surface area contributed by atoms with E-state index in [-0.39, 0.29) is 11.5 Å². The third kappa shape index (κ3) is 2.61. The Hall–Kier alpha value is -2.52. The predicted octanol–water partition coefficient (Wildman–Crippen LogP) is 5.09. The third-order valence-electron chi connectivity index (χ3n) is 5.54. The van der Waals surface area contributed by atoms with E-state index in [4.69, 9.17) is 10.3 Å². The Labute approximate surface area is 164 Å². The van der Waals surface area contributed by atoms with Crippen LogP contribution in [0.25, 0.3) is 5.57 Å². The molecule has 2 aliphatic heterocycles. The maximum absolute atomic E-state index is 5.11. The largest absolute Gasteiger partial charge is 0.278 e. The van der Waals surface area contributed by atoms with Crippen LogP contribution in [0.15, 0.2) is 81.5 Å². The fourth-order valence-electron chi connectivity index (χ4n) is 4.43. The average molecular weight is 370 g/mol. The second-order valence-electron chi connectivity index (χ2n) is 7.77. The summed E-state index contributed by atoms with van der Waals surface area (Å²) in [5.41, 5.74) is 4.60. The first kappa shape index (κ1) is 16.6. The highest BCUT2D eigenvalue weighted by Crippen LogP contribution is 2.50. The van der Waals surface area contributed by atoms with Crippen molar-refractivity contribution >= 4 is 28.7 Å². The predicted molar refractivity (Wildman–Crippen MR) is 112 cm³/mol. The number of para-hydroxylation sites is 3. The Kier molecular flexibility index (Phi) is 3.70. The Morgan fingerprint density at radius 3 is 2.48 bits per heavy atom. The molecule has 2 heterocycles. The van der Waals surface area contributed by atoms with Gasteiger partial charge in [-0.25, -0.2) is 5.32 Å². The molecule has 0 amide bonds. The zero-order valence-corrected chi connectivity index (χ0v) is 16.5. The van der Waals surface area contributed by atoms with Gasteiger partial charge in [0.2, 0.25) is 0 Å². The molecule has 5 rings (SSSR count). The summed E-state index contributed by atoms with van der Waals surface area (Å²) in [6.45, 7) is 6.73. The molecule has 0 fully saturated rings. The molecule has 1 radical (unpaired) electrons. The standard InChI is InChI=1S/C24H21N2S/c1-15-16-9-4-5-11-18(16)26-24(2,3)22(15)17-10-8-14-21-23(17)25-19-12-6-7-13-20(19)27-21/h4-14,22H,1-3H3. The molecule has 3 aromatic carbocycles. The van der Waals surface area contributed by atoms with Gasteiger partial charge in [0.1, 0.15) is 0 Å². The van der Waals surface area contributed by atoms with Gasteiger partial charge in [0.25, 0.3) is 0 Å². The van der Waals surface area contributed by atoms with Crippen LogP contribution in [-0.4, -0.2) is 5.54 Å². The first-order valence-electron chi connectivity index (χ1n) is 9.32. The van der Waals surface area contributed by atoms with Crippen molar-refractivity contribution in [3.63, 3.8) is 0 Å². The quantitative estimate of drug-likeness (QED) is 0.459. The van der Waals surface area contributed by atoms with E-state index < -0.39 is 0 Å². The van der Waals surface area contributed by atoms with Gasteiger partial charge in [-0.15, -0.1) is 0 Å². The second kappa shape index (κ2) is 6.00. The molecule has 133 valence electrons. The van der Waals surface area contributed by atoms with Crippen LogP contribution in [0.5, 0.6) is 0 Å². The number of fused-ring (bicyclic) bond motifs is 3. The molecule has 2 aliphatic rings. The van der Waals surface area contributed by atoms with E-state index in [9.17, 15) is 0 Å². The van der Waals surface area contributed by atoms with Crippen LogP contribution in [-0.2, 0) is 0 Å². The van der Waals surface area contributed by atoms with E-state index in [1.54, 1.807) is 0 Å². The molecule has 1 unspecified atom stereocenters. The highest BCUT2D eigenvalue weighted by Gasteiger charge is 2.37. The first-order chi connectivity index (χ1) is 13.0. The summed E-state index contributed by atoms with van der Waals surface area (Å²) in [6.07, 6.45) is 0. The van der Waals surface area contributed by atoms with E-state index >= 15 is 0 Å². The van der Waals surface area contributed by atoms with Crippen LogP contribution in [0.3, 0.4) is 0 Å². The number of hydrogen-bond donors (Lipinski definition) is 0. The smallest absolute Gasteiger partial charge is 0.0815 e. The Bertz CT molecular complexity index is 1180. The first-order valence-corrected chi connectivity index (χ1v) is 10.1. The van der Waals surface area contributed by atoms with Crippen LogP contribution in [0, 0.1) is 0 Å². The highest BCUT2D eigenvalue weighted by atomic mass is 32.2. The van der Waals surface area contributed by atoms with Gasteiger partial charge < -0.3 is 0 Å². The van der Waals surface area contributed by atoms with Gasteiger partial charge in [0.15, 0.2) is 0 Å². The lowest BCUT2D eigenvalue weighted by Gasteiger charge is -2.36. The van der Waals surface area contributed by atoms with Gasteiger partial charge in [-0.1, -0.05) is 59.8 Å². The van der Waals surface area contributed by atoms with Crippen molar-refractivity contribution in [1.82, 2.24) is 5.32 Å². The molecule has 0 spiro atoms. The lowest BCUT2D eigenvalue weighted by Crippen LogP contribution is -2.42. The van der Waals surface area contributed by atoms with Crippen LogP contribution < -0.4 is 15.9 Å². The minimum atomic E-state index is -0.218. The molecule has 3 heteroatoms. The van der Waals surface area contributed by atoms with E-state index in [1.165, 1.54) is 26.1 Å². The summed E-state index contributed by atoms with van der Waals surface area (Å²) in [5.74, 6) is 0.206. The van der Waals surface area contributed by atoms with Crippen LogP contribution >= 0.6 is 11.8 Å². The van der Waals surface area contributed by atoms with Gasteiger partial charge in [-0.3, -0.25) is 4.99 Å². The second-order valence-corrected chi connectivity index (χ2v) is 8.86. The molecule has 2 nitrogen and oxygen atoms in total. The SMILES string of the molecule is CC1=c2ccccc2=NC(C)(C)C1c1cccc2c1[N]c1ccccc1S2. The summed E-state index contributed by atoms with van der Waals surface area (Å²) >= 11 is 1.81. The molecule has 0 bridgehead atoms. The zero-order chi connectivity index (χ0) is 18.6. The number of benzene rings is 3. The summed E-state index contributed by atoms with van der Waals surface area (Å²) in [7, 11) is 0. The Morgan fingerprint density at radius 1 is 0.852 bits per heavy atom. The fourth-order valence-corrected chi connectivity index (χ4v) is 5.44. The van der Waals surface area contributed by atoms with Crippen LogP contribution in [0.4, 0.5) is 11.4 Å². The van der Waals surface area contributed by atoms with E-state index in [1.807, 2.05) is 11.8 Å². The van der Waals surface area contributed by atoms with Crippen molar-refractivity contribution in [3.8, 4) is 0 Å². The lowest BCUT2D eigenvalue weighted by molar-refractivity contribution is 0.455. The van der Waals surface area contributed by atoms with E-state index in [0.717, 1.165) is 16.7 Å². The van der Waals surface area contributed by atoms with Crippen molar-refractivity contribution < 1.29 is 0 Å².